The van der Waals surface area contributed by atoms with Gasteiger partial charge in [0, 0.05) is 24.5 Å². The van der Waals surface area contributed by atoms with Gasteiger partial charge in [0.05, 0.1) is 12.1 Å². The van der Waals surface area contributed by atoms with Crippen molar-refractivity contribution in [3.8, 4) is 0 Å². The van der Waals surface area contributed by atoms with Gasteiger partial charge in [0.25, 0.3) is 0 Å². The molecule has 150 valence electrons. The number of benzene rings is 2. The first-order valence-corrected chi connectivity index (χ1v) is 9.05. The second-order valence-electron chi connectivity index (χ2n) is 7.73. The number of amides is 1. The SMILES string of the molecule is CC(C)(C)OC(=O)N1CCN(c2ccc(C(F)(F)F)cc2)c2ccccc2C1. The van der Waals surface area contributed by atoms with Crippen LogP contribution in [0.1, 0.15) is 31.9 Å². The predicted octanol–water partition coefficient (Wildman–Crippen LogP) is 5.59. The minimum absolute atomic E-state index is 0.377. The molecule has 28 heavy (non-hydrogen) atoms. The summed E-state index contributed by atoms with van der Waals surface area (Å²) in [7, 11) is 0. The molecule has 0 aromatic heterocycles. The highest BCUT2D eigenvalue weighted by molar-refractivity contribution is 5.72. The number of nitrogens with zero attached hydrogens (tertiary/aromatic N) is 2. The van der Waals surface area contributed by atoms with E-state index in [1.165, 1.54) is 12.1 Å². The number of alkyl halides is 3. The molecule has 2 aromatic rings. The molecule has 0 spiro atoms. The third-order valence-electron chi connectivity index (χ3n) is 4.40. The van der Waals surface area contributed by atoms with Crippen LogP contribution in [-0.2, 0) is 17.5 Å². The van der Waals surface area contributed by atoms with Crippen molar-refractivity contribution >= 4 is 17.5 Å². The van der Waals surface area contributed by atoms with E-state index in [1.807, 2.05) is 49.9 Å². The zero-order valence-electron chi connectivity index (χ0n) is 16.1. The molecule has 1 aliphatic heterocycles. The van der Waals surface area contributed by atoms with Crippen LogP contribution in [0, 0.1) is 0 Å². The zero-order chi connectivity index (χ0) is 20.5. The van der Waals surface area contributed by atoms with E-state index < -0.39 is 23.4 Å². The average molecular weight is 392 g/mol. The Hall–Kier alpha value is -2.70. The first-order chi connectivity index (χ1) is 13.0. The first kappa shape index (κ1) is 20.0. The molecule has 2 aromatic carbocycles. The number of hydrogen-bond donors (Lipinski definition) is 0. The lowest BCUT2D eigenvalue weighted by Gasteiger charge is -2.27. The van der Waals surface area contributed by atoms with Crippen LogP contribution in [0.15, 0.2) is 48.5 Å². The molecule has 0 atom stereocenters. The van der Waals surface area contributed by atoms with Gasteiger partial charge in [-0.2, -0.15) is 13.2 Å². The van der Waals surface area contributed by atoms with Crippen molar-refractivity contribution in [1.29, 1.82) is 0 Å². The summed E-state index contributed by atoms with van der Waals surface area (Å²) in [5.41, 5.74) is 1.14. The highest BCUT2D eigenvalue weighted by Gasteiger charge is 2.31. The van der Waals surface area contributed by atoms with E-state index in [0.29, 0.717) is 25.3 Å². The van der Waals surface area contributed by atoms with Gasteiger partial charge in [0.15, 0.2) is 0 Å². The monoisotopic (exact) mass is 392 g/mol. The van der Waals surface area contributed by atoms with Crippen molar-refractivity contribution < 1.29 is 22.7 Å². The number of carbonyl (C=O) groups is 1. The van der Waals surface area contributed by atoms with Crippen molar-refractivity contribution in [2.75, 3.05) is 18.0 Å². The fourth-order valence-corrected chi connectivity index (χ4v) is 3.11. The molecule has 1 heterocycles. The molecule has 3 rings (SSSR count). The van der Waals surface area contributed by atoms with Gasteiger partial charge in [0.2, 0.25) is 0 Å². The Balaban J connectivity index is 1.89. The van der Waals surface area contributed by atoms with Gasteiger partial charge in [-0.15, -0.1) is 0 Å². The van der Waals surface area contributed by atoms with Crippen molar-refractivity contribution in [3.63, 3.8) is 0 Å². The second-order valence-corrected chi connectivity index (χ2v) is 7.73. The number of anilines is 2. The Morgan fingerprint density at radius 3 is 2.21 bits per heavy atom. The van der Waals surface area contributed by atoms with Crippen molar-refractivity contribution in [1.82, 2.24) is 4.90 Å². The third kappa shape index (κ3) is 4.58. The van der Waals surface area contributed by atoms with Crippen LogP contribution in [0.3, 0.4) is 0 Å². The number of para-hydroxylation sites is 1. The molecule has 0 fully saturated rings. The maximum Gasteiger partial charge on any atom is 0.416 e. The lowest BCUT2D eigenvalue weighted by atomic mass is 10.1. The van der Waals surface area contributed by atoms with Gasteiger partial charge >= 0.3 is 12.3 Å². The molecule has 0 unspecified atom stereocenters. The van der Waals surface area contributed by atoms with Gasteiger partial charge in [-0.05, 0) is 56.7 Å². The third-order valence-corrected chi connectivity index (χ3v) is 4.40. The van der Waals surface area contributed by atoms with E-state index in [4.69, 9.17) is 4.74 Å². The van der Waals surface area contributed by atoms with Crippen LogP contribution in [-0.4, -0.2) is 29.7 Å². The van der Waals surface area contributed by atoms with Gasteiger partial charge < -0.3 is 14.5 Å². The highest BCUT2D eigenvalue weighted by atomic mass is 19.4. The Kier molecular flexibility index (Phi) is 5.28. The van der Waals surface area contributed by atoms with Crippen molar-refractivity contribution in [2.24, 2.45) is 0 Å². The largest absolute Gasteiger partial charge is 0.444 e. The molecule has 0 saturated carbocycles. The molecule has 0 N–H and O–H groups in total. The van der Waals surface area contributed by atoms with E-state index in [2.05, 4.69) is 0 Å². The van der Waals surface area contributed by atoms with E-state index in [9.17, 15) is 18.0 Å². The molecule has 0 saturated heterocycles. The molecule has 0 aliphatic carbocycles. The summed E-state index contributed by atoms with van der Waals surface area (Å²) >= 11 is 0. The van der Waals surface area contributed by atoms with Gasteiger partial charge in [-0.25, -0.2) is 4.79 Å². The lowest BCUT2D eigenvalue weighted by molar-refractivity contribution is -0.137. The minimum atomic E-state index is -4.37. The van der Waals surface area contributed by atoms with Crippen molar-refractivity contribution in [3.05, 3.63) is 59.7 Å². The molecule has 1 aliphatic rings. The maximum absolute atomic E-state index is 12.9. The Labute approximate surface area is 162 Å². The normalized spacial score (nSPS) is 15.1. The Bertz CT molecular complexity index is 842. The smallest absolute Gasteiger partial charge is 0.416 e. The standard InChI is InChI=1S/C21H23F3N2O2/c1-20(2,3)28-19(27)25-12-13-26(18-7-5-4-6-15(18)14-25)17-10-8-16(9-11-17)21(22,23)24/h4-11H,12-14H2,1-3H3. The summed E-state index contributed by atoms with van der Waals surface area (Å²) in [6, 6.07) is 12.6. The van der Waals surface area contributed by atoms with E-state index in [1.54, 1.807) is 4.90 Å². The van der Waals surface area contributed by atoms with Gasteiger partial charge in [-0.3, -0.25) is 0 Å². The van der Waals surface area contributed by atoms with Crippen LogP contribution in [0.4, 0.5) is 29.3 Å². The summed E-state index contributed by atoms with van der Waals surface area (Å²) in [6.45, 7) is 6.65. The molecular weight excluding hydrogens is 369 g/mol. The average Bonchev–Trinajstić information content (AvgIpc) is 2.79. The zero-order valence-corrected chi connectivity index (χ0v) is 16.1. The Morgan fingerprint density at radius 1 is 0.964 bits per heavy atom. The fraction of sp³-hybridized carbons (Fsp3) is 0.381. The Morgan fingerprint density at radius 2 is 1.61 bits per heavy atom. The van der Waals surface area contributed by atoms with Crippen LogP contribution < -0.4 is 4.90 Å². The minimum Gasteiger partial charge on any atom is -0.444 e. The number of ether oxygens (including phenoxy) is 1. The van der Waals surface area contributed by atoms with E-state index in [-0.39, 0.29) is 0 Å². The predicted molar refractivity (Wildman–Crippen MR) is 102 cm³/mol. The molecule has 0 bridgehead atoms. The van der Waals surface area contributed by atoms with Crippen LogP contribution in [0.5, 0.6) is 0 Å². The summed E-state index contributed by atoms with van der Waals surface area (Å²) in [5, 5.41) is 0. The molecular formula is C21H23F3N2O2. The number of carbonyl (C=O) groups excluding carboxylic acids is 1. The molecule has 0 radical (unpaired) electrons. The highest BCUT2D eigenvalue weighted by Crippen LogP contribution is 2.35. The van der Waals surface area contributed by atoms with Crippen molar-refractivity contribution in [2.45, 2.75) is 39.1 Å². The van der Waals surface area contributed by atoms with E-state index in [0.717, 1.165) is 23.4 Å². The number of halogens is 3. The second kappa shape index (κ2) is 7.37. The van der Waals surface area contributed by atoms with Gasteiger partial charge in [-0.1, -0.05) is 18.2 Å². The number of fused-ring (bicyclic) bond motifs is 1. The first-order valence-electron chi connectivity index (χ1n) is 9.05. The summed E-state index contributed by atoms with van der Waals surface area (Å²) in [6.07, 6.45) is -4.78. The number of hydrogen-bond acceptors (Lipinski definition) is 3. The van der Waals surface area contributed by atoms with Crippen LogP contribution in [0.25, 0.3) is 0 Å². The molecule has 7 heteroatoms. The fourth-order valence-electron chi connectivity index (χ4n) is 3.11. The quantitative estimate of drug-likeness (QED) is 0.634. The maximum atomic E-state index is 12.9. The number of rotatable bonds is 1. The van der Waals surface area contributed by atoms with Gasteiger partial charge in [0.1, 0.15) is 5.60 Å². The van der Waals surface area contributed by atoms with Crippen LogP contribution in [0.2, 0.25) is 0 Å². The topological polar surface area (TPSA) is 32.8 Å². The van der Waals surface area contributed by atoms with Crippen LogP contribution >= 0.6 is 0 Å². The summed E-state index contributed by atoms with van der Waals surface area (Å²) < 4.78 is 44.1. The summed E-state index contributed by atoms with van der Waals surface area (Å²) in [4.78, 5) is 16.1. The lowest BCUT2D eigenvalue weighted by Crippen LogP contribution is -2.38. The molecule has 4 nitrogen and oxygen atoms in total. The summed E-state index contributed by atoms with van der Waals surface area (Å²) in [5.74, 6) is 0. The van der Waals surface area contributed by atoms with E-state index >= 15 is 0 Å². The molecule has 1 amide bonds.